The Morgan fingerprint density at radius 2 is 2.12 bits per heavy atom. The molecule has 1 aromatic heterocycles. The summed E-state index contributed by atoms with van der Waals surface area (Å²) in [6.45, 7) is 3.03. The second-order valence-corrected chi connectivity index (χ2v) is 6.66. The fourth-order valence-corrected chi connectivity index (χ4v) is 3.61. The Labute approximate surface area is 148 Å². The number of anilines is 1. The highest BCUT2D eigenvalue weighted by molar-refractivity contribution is 5.98. The van der Waals surface area contributed by atoms with Gasteiger partial charge in [-0.1, -0.05) is 24.3 Å². The number of pyridine rings is 1. The van der Waals surface area contributed by atoms with Crippen LogP contribution in [0.1, 0.15) is 34.3 Å². The Hall–Kier alpha value is -2.40. The predicted octanol–water partition coefficient (Wildman–Crippen LogP) is 2.55. The van der Waals surface area contributed by atoms with E-state index in [4.69, 9.17) is 4.74 Å². The first-order valence-electron chi connectivity index (χ1n) is 8.98. The second kappa shape index (κ2) is 7.23. The van der Waals surface area contributed by atoms with E-state index in [1.54, 1.807) is 6.20 Å². The molecule has 1 unspecified atom stereocenters. The molecule has 5 nitrogen and oxygen atoms in total. The first kappa shape index (κ1) is 16.1. The Kier molecular flexibility index (Phi) is 4.65. The van der Waals surface area contributed by atoms with Crippen molar-refractivity contribution in [3.63, 3.8) is 0 Å². The van der Waals surface area contributed by atoms with Gasteiger partial charge in [-0.25, -0.2) is 4.98 Å². The molecule has 25 heavy (non-hydrogen) atoms. The van der Waals surface area contributed by atoms with Gasteiger partial charge in [0.1, 0.15) is 5.82 Å². The molecule has 0 spiro atoms. The van der Waals surface area contributed by atoms with E-state index >= 15 is 0 Å². The number of fused-ring (bicyclic) bond motifs is 1. The van der Waals surface area contributed by atoms with Crippen molar-refractivity contribution in [1.82, 2.24) is 10.3 Å². The Morgan fingerprint density at radius 1 is 1.24 bits per heavy atom. The number of ether oxygens (including phenoxy) is 1. The Bertz CT molecular complexity index is 756. The lowest BCUT2D eigenvalue weighted by Gasteiger charge is -2.31. The number of benzene rings is 1. The van der Waals surface area contributed by atoms with E-state index in [1.165, 1.54) is 11.1 Å². The zero-order valence-corrected chi connectivity index (χ0v) is 14.3. The molecule has 130 valence electrons. The summed E-state index contributed by atoms with van der Waals surface area (Å²) in [6.07, 6.45) is 4.97. The summed E-state index contributed by atoms with van der Waals surface area (Å²) in [5.74, 6) is 0.694. The molecule has 1 N–H and O–H groups in total. The van der Waals surface area contributed by atoms with Crippen LogP contribution in [0.3, 0.4) is 0 Å². The standard InChI is InChI=1S/C20H23N3O2/c24-20(22-13-17-7-4-12-25-17)18-8-3-10-21-19(18)23-11-9-15-5-1-2-6-16(15)14-23/h1-3,5-6,8,10,17H,4,7,9,11-14H2,(H,22,24). The molecule has 1 saturated heterocycles. The van der Waals surface area contributed by atoms with Crippen molar-refractivity contribution < 1.29 is 9.53 Å². The summed E-state index contributed by atoms with van der Waals surface area (Å²) in [5.41, 5.74) is 3.34. The molecule has 2 aromatic rings. The second-order valence-electron chi connectivity index (χ2n) is 6.66. The van der Waals surface area contributed by atoms with E-state index in [0.717, 1.165) is 44.8 Å². The Balaban J connectivity index is 1.50. The highest BCUT2D eigenvalue weighted by Crippen LogP contribution is 2.25. The quantitative estimate of drug-likeness (QED) is 0.932. The molecule has 0 radical (unpaired) electrons. The lowest BCUT2D eigenvalue weighted by atomic mass is 9.99. The van der Waals surface area contributed by atoms with E-state index in [1.807, 2.05) is 12.1 Å². The third-order valence-corrected chi connectivity index (χ3v) is 4.98. The van der Waals surface area contributed by atoms with Gasteiger partial charge in [-0.3, -0.25) is 4.79 Å². The van der Waals surface area contributed by atoms with Gasteiger partial charge in [0.2, 0.25) is 0 Å². The largest absolute Gasteiger partial charge is 0.376 e. The van der Waals surface area contributed by atoms with Crippen LogP contribution in [-0.4, -0.2) is 36.7 Å². The number of nitrogens with zero attached hydrogens (tertiary/aromatic N) is 2. The van der Waals surface area contributed by atoms with E-state index < -0.39 is 0 Å². The fourth-order valence-electron chi connectivity index (χ4n) is 3.61. The zero-order valence-electron chi connectivity index (χ0n) is 14.3. The fraction of sp³-hybridized carbons (Fsp3) is 0.400. The number of hydrogen-bond acceptors (Lipinski definition) is 4. The molecule has 0 saturated carbocycles. The van der Waals surface area contributed by atoms with E-state index in [-0.39, 0.29) is 12.0 Å². The first-order chi connectivity index (χ1) is 12.3. The third-order valence-electron chi connectivity index (χ3n) is 4.98. The summed E-state index contributed by atoms with van der Waals surface area (Å²) in [7, 11) is 0. The van der Waals surface area contributed by atoms with Crippen LogP contribution in [-0.2, 0) is 17.7 Å². The zero-order chi connectivity index (χ0) is 17.1. The summed E-state index contributed by atoms with van der Waals surface area (Å²) >= 11 is 0. The van der Waals surface area contributed by atoms with Crippen molar-refractivity contribution in [1.29, 1.82) is 0 Å². The van der Waals surface area contributed by atoms with E-state index in [0.29, 0.717) is 12.1 Å². The van der Waals surface area contributed by atoms with Crippen LogP contribution >= 0.6 is 0 Å². The molecule has 1 atom stereocenters. The monoisotopic (exact) mass is 337 g/mol. The summed E-state index contributed by atoms with van der Waals surface area (Å²) in [5, 5.41) is 3.01. The lowest BCUT2D eigenvalue weighted by molar-refractivity contribution is 0.0858. The van der Waals surface area contributed by atoms with E-state index in [9.17, 15) is 4.79 Å². The van der Waals surface area contributed by atoms with Crippen molar-refractivity contribution in [2.24, 2.45) is 0 Å². The van der Waals surface area contributed by atoms with Gasteiger partial charge in [0, 0.05) is 32.4 Å². The van der Waals surface area contributed by atoms with Crippen LogP contribution < -0.4 is 10.2 Å². The van der Waals surface area contributed by atoms with Crippen molar-refractivity contribution in [2.45, 2.75) is 31.9 Å². The lowest BCUT2D eigenvalue weighted by Crippen LogP contribution is -2.35. The maximum absolute atomic E-state index is 12.7. The average molecular weight is 337 g/mol. The topological polar surface area (TPSA) is 54.5 Å². The van der Waals surface area contributed by atoms with Crippen molar-refractivity contribution >= 4 is 11.7 Å². The average Bonchev–Trinajstić information content (AvgIpc) is 3.19. The molecule has 1 amide bonds. The minimum absolute atomic E-state index is 0.0718. The van der Waals surface area contributed by atoms with Gasteiger partial charge in [-0.15, -0.1) is 0 Å². The van der Waals surface area contributed by atoms with Crippen LogP contribution in [0.2, 0.25) is 0 Å². The summed E-state index contributed by atoms with van der Waals surface area (Å²) < 4.78 is 5.58. The number of nitrogens with one attached hydrogen (secondary N) is 1. The number of aromatic nitrogens is 1. The van der Waals surface area contributed by atoms with Gasteiger partial charge < -0.3 is 15.0 Å². The molecule has 2 aliphatic rings. The predicted molar refractivity (Wildman–Crippen MR) is 96.7 cm³/mol. The minimum atomic E-state index is -0.0718. The smallest absolute Gasteiger partial charge is 0.255 e. The van der Waals surface area contributed by atoms with Crippen LogP contribution in [0, 0.1) is 0 Å². The van der Waals surface area contributed by atoms with Gasteiger partial charge in [0.15, 0.2) is 0 Å². The maximum atomic E-state index is 12.7. The molecule has 0 bridgehead atoms. The van der Waals surface area contributed by atoms with Crippen molar-refractivity contribution in [3.8, 4) is 0 Å². The van der Waals surface area contributed by atoms with Crippen LogP contribution in [0.15, 0.2) is 42.6 Å². The normalized spacial score (nSPS) is 19.5. The molecule has 1 aromatic carbocycles. The molecule has 5 heteroatoms. The molecule has 2 aliphatic heterocycles. The minimum Gasteiger partial charge on any atom is -0.376 e. The van der Waals surface area contributed by atoms with Crippen molar-refractivity contribution in [3.05, 3.63) is 59.3 Å². The molecular formula is C20H23N3O2. The third kappa shape index (κ3) is 3.51. The van der Waals surface area contributed by atoms with Crippen LogP contribution in [0.4, 0.5) is 5.82 Å². The Morgan fingerprint density at radius 3 is 2.96 bits per heavy atom. The van der Waals surface area contributed by atoms with E-state index in [2.05, 4.69) is 39.5 Å². The van der Waals surface area contributed by atoms with Crippen LogP contribution in [0.25, 0.3) is 0 Å². The maximum Gasteiger partial charge on any atom is 0.255 e. The summed E-state index contributed by atoms with van der Waals surface area (Å²) in [6, 6.07) is 12.2. The van der Waals surface area contributed by atoms with Gasteiger partial charge >= 0.3 is 0 Å². The van der Waals surface area contributed by atoms with Gasteiger partial charge in [-0.05, 0) is 42.5 Å². The highest BCUT2D eigenvalue weighted by Gasteiger charge is 2.23. The van der Waals surface area contributed by atoms with Gasteiger partial charge in [-0.2, -0.15) is 0 Å². The first-order valence-corrected chi connectivity index (χ1v) is 8.98. The molecule has 1 fully saturated rings. The van der Waals surface area contributed by atoms with Gasteiger partial charge in [0.05, 0.1) is 11.7 Å². The van der Waals surface area contributed by atoms with Gasteiger partial charge in [0.25, 0.3) is 5.91 Å². The molecule has 3 heterocycles. The molecular weight excluding hydrogens is 314 g/mol. The highest BCUT2D eigenvalue weighted by atomic mass is 16.5. The number of amides is 1. The number of carbonyl (C=O) groups is 1. The SMILES string of the molecule is O=C(NCC1CCCO1)c1cccnc1N1CCc2ccccc2C1. The number of carbonyl (C=O) groups excluding carboxylic acids is 1. The summed E-state index contributed by atoms with van der Waals surface area (Å²) in [4.78, 5) is 19.4. The molecule has 4 rings (SSSR count). The van der Waals surface area contributed by atoms with Crippen molar-refractivity contribution in [2.75, 3.05) is 24.6 Å². The number of hydrogen-bond donors (Lipinski definition) is 1. The molecule has 0 aliphatic carbocycles. The number of rotatable bonds is 4. The van der Waals surface area contributed by atoms with Crippen LogP contribution in [0.5, 0.6) is 0 Å².